The summed E-state index contributed by atoms with van der Waals surface area (Å²) in [4.78, 5) is 14.1. The summed E-state index contributed by atoms with van der Waals surface area (Å²) in [5.74, 6) is 0.877. The molecule has 0 radical (unpaired) electrons. The predicted molar refractivity (Wildman–Crippen MR) is 75.7 cm³/mol. The largest absolute Gasteiger partial charge is 0.472 e. The standard InChI is InChI=1S/C15H19N3O3/c1-11-8-14(17-21-11)9-16-13-2-5-18(6-3-13)15(19)12-4-7-20-10-12/h4,7-8,10,13,16H,2-3,5-6,9H2,1H3. The van der Waals surface area contributed by atoms with Gasteiger partial charge in [-0.05, 0) is 25.8 Å². The monoisotopic (exact) mass is 289 g/mol. The second kappa shape index (κ2) is 6.13. The van der Waals surface area contributed by atoms with Gasteiger partial charge in [0.1, 0.15) is 12.0 Å². The zero-order valence-corrected chi connectivity index (χ0v) is 12.0. The lowest BCUT2D eigenvalue weighted by Crippen LogP contribution is -2.44. The van der Waals surface area contributed by atoms with Crippen LogP contribution in [0.25, 0.3) is 0 Å². The van der Waals surface area contributed by atoms with Gasteiger partial charge in [-0.15, -0.1) is 0 Å². The van der Waals surface area contributed by atoms with Crippen molar-refractivity contribution in [3.8, 4) is 0 Å². The van der Waals surface area contributed by atoms with Crippen LogP contribution in [0.4, 0.5) is 0 Å². The number of piperidine rings is 1. The van der Waals surface area contributed by atoms with Crippen LogP contribution in [0.2, 0.25) is 0 Å². The summed E-state index contributed by atoms with van der Waals surface area (Å²) in [6.07, 6.45) is 4.92. The molecule has 2 aromatic rings. The molecule has 2 aromatic heterocycles. The minimum atomic E-state index is 0.0503. The highest BCUT2D eigenvalue weighted by Gasteiger charge is 2.23. The second-order valence-corrected chi connectivity index (χ2v) is 5.39. The molecular formula is C15H19N3O3. The van der Waals surface area contributed by atoms with Gasteiger partial charge in [0.2, 0.25) is 0 Å². The zero-order chi connectivity index (χ0) is 14.7. The fraction of sp³-hybridized carbons (Fsp3) is 0.467. The van der Waals surface area contributed by atoms with Gasteiger partial charge in [0.15, 0.2) is 0 Å². The highest BCUT2D eigenvalue weighted by molar-refractivity contribution is 5.93. The lowest BCUT2D eigenvalue weighted by atomic mass is 10.0. The molecule has 0 aromatic carbocycles. The average molecular weight is 289 g/mol. The molecule has 0 unspecified atom stereocenters. The normalized spacial score (nSPS) is 16.3. The Balaban J connectivity index is 1.45. The summed E-state index contributed by atoms with van der Waals surface area (Å²) in [6.45, 7) is 4.12. The number of aryl methyl sites for hydroxylation is 1. The molecule has 1 fully saturated rings. The summed E-state index contributed by atoms with van der Waals surface area (Å²) in [5.41, 5.74) is 1.55. The number of carbonyl (C=O) groups excluding carboxylic acids is 1. The van der Waals surface area contributed by atoms with Crippen molar-refractivity contribution in [2.45, 2.75) is 32.4 Å². The first-order valence-corrected chi connectivity index (χ1v) is 7.19. The van der Waals surface area contributed by atoms with E-state index < -0.39 is 0 Å². The molecule has 1 amide bonds. The first-order chi connectivity index (χ1) is 10.2. The van der Waals surface area contributed by atoms with Gasteiger partial charge in [-0.25, -0.2) is 0 Å². The molecular weight excluding hydrogens is 270 g/mol. The number of nitrogens with one attached hydrogen (secondary N) is 1. The van der Waals surface area contributed by atoms with Gasteiger partial charge < -0.3 is 19.2 Å². The van der Waals surface area contributed by atoms with Gasteiger partial charge in [-0.2, -0.15) is 0 Å². The van der Waals surface area contributed by atoms with E-state index in [9.17, 15) is 4.79 Å². The molecule has 3 rings (SSSR count). The van der Waals surface area contributed by atoms with Crippen molar-refractivity contribution < 1.29 is 13.7 Å². The Morgan fingerprint density at radius 1 is 1.48 bits per heavy atom. The number of furan rings is 1. The Morgan fingerprint density at radius 3 is 2.90 bits per heavy atom. The number of likely N-dealkylation sites (tertiary alicyclic amines) is 1. The predicted octanol–water partition coefficient (Wildman–Crippen LogP) is 1.97. The maximum absolute atomic E-state index is 12.2. The number of amides is 1. The number of aromatic nitrogens is 1. The van der Waals surface area contributed by atoms with E-state index in [2.05, 4.69) is 10.5 Å². The van der Waals surface area contributed by atoms with E-state index in [4.69, 9.17) is 8.94 Å². The van der Waals surface area contributed by atoms with Crippen LogP contribution in [-0.4, -0.2) is 35.1 Å². The van der Waals surface area contributed by atoms with Crippen molar-refractivity contribution in [1.29, 1.82) is 0 Å². The number of carbonyl (C=O) groups is 1. The van der Waals surface area contributed by atoms with Gasteiger partial charge in [0, 0.05) is 31.7 Å². The molecule has 3 heterocycles. The average Bonchev–Trinajstić information content (AvgIpc) is 3.16. The molecule has 0 spiro atoms. The van der Waals surface area contributed by atoms with Crippen molar-refractivity contribution in [2.24, 2.45) is 0 Å². The van der Waals surface area contributed by atoms with Crippen LogP contribution in [0.3, 0.4) is 0 Å². The maximum Gasteiger partial charge on any atom is 0.257 e. The van der Waals surface area contributed by atoms with E-state index in [1.54, 1.807) is 6.07 Å². The molecule has 1 saturated heterocycles. The van der Waals surface area contributed by atoms with E-state index in [1.165, 1.54) is 12.5 Å². The van der Waals surface area contributed by atoms with Crippen LogP contribution >= 0.6 is 0 Å². The van der Waals surface area contributed by atoms with Gasteiger partial charge in [0.05, 0.1) is 17.5 Å². The fourth-order valence-electron chi connectivity index (χ4n) is 2.61. The summed E-state index contributed by atoms with van der Waals surface area (Å²) in [7, 11) is 0. The Hall–Kier alpha value is -2.08. The Kier molecular flexibility index (Phi) is 4.06. The van der Waals surface area contributed by atoms with Crippen LogP contribution < -0.4 is 5.32 Å². The van der Waals surface area contributed by atoms with Crippen LogP contribution in [0, 0.1) is 6.92 Å². The molecule has 1 N–H and O–H groups in total. The van der Waals surface area contributed by atoms with Crippen molar-refractivity contribution >= 4 is 5.91 Å². The van der Waals surface area contributed by atoms with E-state index in [1.807, 2.05) is 17.9 Å². The molecule has 0 atom stereocenters. The summed E-state index contributed by atoms with van der Waals surface area (Å²) in [5, 5.41) is 7.43. The van der Waals surface area contributed by atoms with Crippen molar-refractivity contribution in [2.75, 3.05) is 13.1 Å². The van der Waals surface area contributed by atoms with Crippen molar-refractivity contribution in [3.05, 3.63) is 41.7 Å². The van der Waals surface area contributed by atoms with Gasteiger partial charge in [-0.3, -0.25) is 4.79 Å². The SMILES string of the molecule is Cc1cc(CNC2CCN(C(=O)c3ccoc3)CC2)no1. The van der Waals surface area contributed by atoms with E-state index in [-0.39, 0.29) is 5.91 Å². The number of nitrogens with zero attached hydrogens (tertiary/aromatic N) is 2. The third kappa shape index (κ3) is 3.33. The van der Waals surface area contributed by atoms with Crippen molar-refractivity contribution in [3.63, 3.8) is 0 Å². The number of rotatable bonds is 4. The Labute approximate surface area is 123 Å². The quantitative estimate of drug-likeness (QED) is 0.931. The lowest BCUT2D eigenvalue weighted by Gasteiger charge is -2.32. The van der Waals surface area contributed by atoms with Gasteiger partial charge in [-0.1, -0.05) is 5.16 Å². The molecule has 1 aliphatic rings. The van der Waals surface area contributed by atoms with Crippen LogP contribution in [0.5, 0.6) is 0 Å². The maximum atomic E-state index is 12.2. The first-order valence-electron chi connectivity index (χ1n) is 7.19. The number of hydrogen-bond acceptors (Lipinski definition) is 5. The summed E-state index contributed by atoms with van der Waals surface area (Å²) >= 11 is 0. The molecule has 6 nitrogen and oxygen atoms in total. The molecule has 112 valence electrons. The molecule has 1 aliphatic heterocycles. The molecule has 0 saturated carbocycles. The Morgan fingerprint density at radius 2 is 2.29 bits per heavy atom. The third-order valence-electron chi connectivity index (χ3n) is 3.80. The van der Waals surface area contributed by atoms with Gasteiger partial charge in [0.25, 0.3) is 5.91 Å². The van der Waals surface area contributed by atoms with E-state index >= 15 is 0 Å². The minimum Gasteiger partial charge on any atom is -0.472 e. The van der Waals surface area contributed by atoms with Gasteiger partial charge >= 0.3 is 0 Å². The zero-order valence-electron chi connectivity index (χ0n) is 12.0. The van der Waals surface area contributed by atoms with Crippen LogP contribution in [0.1, 0.15) is 34.7 Å². The highest BCUT2D eigenvalue weighted by atomic mass is 16.5. The second-order valence-electron chi connectivity index (χ2n) is 5.39. The number of hydrogen-bond donors (Lipinski definition) is 1. The van der Waals surface area contributed by atoms with E-state index in [0.29, 0.717) is 18.2 Å². The Bertz CT molecular complexity index is 583. The molecule has 21 heavy (non-hydrogen) atoms. The van der Waals surface area contributed by atoms with Crippen LogP contribution in [0.15, 0.2) is 33.6 Å². The highest BCUT2D eigenvalue weighted by Crippen LogP contribution is 2.15. The third-order valence-corrected chi connectivity index (χ3v) is 3.80. The minimum absolute atomic E-state index is 0.0503. The first kappa shape index (κ1) is 13.9. The summed E-state index contributed by atoms with van der Waals surface area (Å²) in [6, 6.07) is 4.06. The van der Waals surface area contributed by atoms with Crippen molar-refractivity contribution in [1.82, 2.24) is 15.4 Å². The molecule has 0 bridgehead atoms. The fourth-order valence-corrected chi connectivity index (χ4v) is 2.61. The molecule has 6 heteroatoms. The van der Waals surface area contributed by atoms with E-state index in [0.717, 1.165) is 37.4 Å². The lowest BCUT2D eigenvalue weighted by molar-refractivity contribution is 0.0704. The molecule has 0 aliphatic carbocycles. The topological polar surface area (TPSA) is 71.5 Å². The van der Waals surface area contributed by atoms with Crippen LogP contribution in [-0.2, 0) is 6.54 Å². The smallest absolute Gasteiger partial charge is 0.257 e. The summed E-state index contributed by atoms with van der Waals surface area (Å²) < 4.78 is 10.0.